The highest BCUT2D eigenvalue weighted by Gasteiger charge is 2.20. The van der Waals surface area contributed by atoms with Crippen molar-refractivity contribution in [3.05, 3.63) is 0 Å². The smallest absolute Gasteiger partial charge is 0.235 e. The molecule has 0 aliphatic heterocycles. The summed E-state index contributed by atoms with van der Waals surface area (Å²) in [4.78, 5) is 13.5. The van der Waals surface area contributed by atoms with Crippen molar-refractivity contribution in [2.75, 3.05) is 24.6 Å². The van der Waals surface area contributed by atoms with Crippen LogP contribution in [0.15, 0.2) is 0 Å². The van der Waals surface area contributed by atoms with E-state index in [2.05, 4.69) is 0 Å². The molecule has 94 valence electrons. The quantitative estimate of drug-likeness (QED) is 0.715. The number of rotatable bonds is 6. The molecule has 4 heteroatoms. The summed E-state index contributed by atoms with van der Waals surface area (Å²) in [5.41, 5.74) is 0. The van der Waals surface area contributed by atoms with Crippen molar-refractivity contribution in [1.82, 2.24) is 4.90 Å². The van der Waals surface area contributed by atoms with Crippen LogP contribution in [0.25, 0.3) is 0 Å². The summed E-state index contributed by atoms with van der Waals surface area (Å²) in [5, 5.41) is 0. The van der Waals surface area contributed by atoms with Crippen molar-refractivity contribution in [3.63, 3.8) is 0 Å². The zero-order valence-corrected chi connectivity index (χ0v) is 11.2. The summed E-state index contributed by atoms with van der Waals surface area (Å²) >= 11 is 0. The van der Waals surface area contributed by atoms with E-state index >= 15 is 0 Å². The summed E-state index contributed by atoms with van der Waals surface area (Å²) in [6.07, 6.45) is 4.94. The minimum Gasteiger partial charge on any atom is -0.342 e. The van der Waals surface area contributed by atoms with Gasteiger partial charge in [-0.25, -0.2) is 0 Å². The molecule has 0 N–H and O–H groups in total. The van der Waals surface area contributed by atoms with Crippen molar-refractivity contribution in [2.24, 2.45) is 5.92 Å². The van der Waals surface area contributed by atoms with E-state index in [1.165, 1.54) is 25.7 Å². The molecule has 1 unspecified atom stereocenters. The van der Waals surface area contributed by atoms with Crippen molar-refractivity contribution < 1.29 is 9.00 Å². The molecule has 0 saturated heterocycles. The molecule has 1 fully saturated rings. The molecule has 0 aromatic rings. The van der Waals surface area contributed by atoms with Gasteiger partial charge >= 0.3 is 0 Å². The van der Waals surface area contributed by atoms with Crippen LogP contribution < -0.4 is 0 Å². The molecule has 1 amide bonds. The molecule has 0 radical (unpaired) electrons. The van der Waals surface area contributed by atoms with Gasteiger partial charge in [-0.3, -0.25) is 9.00 Å². The second-order valence-corrected chi connectivity index (χ2v) is 5.97. The van der Waals surface area contributed by atoms with Gasteiger partial charge in [0.2, 0.25) is 5.91 Å². The first-order chi connectivity index (χ1) is 7.67. The molecule has 3 nitrogen and oxygen atoms in total. The first kappa shape index (κ1) is 13.7. The molecule has 0 spiro atoms. The van der Waals surface area contributed by atoms with Gasteiger partial charge in [-0.15, -0.1) is 0 Å². The number of carbonyl (C=O) groups is 1. The first-order valence-corrected chi connectivity index (χ1v) is 7.78. The fraction of sp³-hybridized carbons (Fsp3) is 0.917. The van der Waals surface area contributed by atoms with E-state index in [-0.39, 0.29) is 11.7 Å². The molecule has 0 aromatic carbocycles. The topological polar surface area (TPSA) is 37.4 Å². The summed E-state index contributed by atoms with van der Waals surface area (Å²) in [7, 11) is -0.955. The molecule has 0 heterocycles. The van der Waals surface area contributed by atoms with Crippen molar-refractivity contribution in [3.8, 4) is 0 Å². The Kier molecular flexibility index (Phi) is 6.03. The van der Waals surface area contributed by atoms with Gasteiger partial charge in [-0.2, -0.15) is 0 Å². The number of carbonyl (C=O) groups excluding carboxylic acids is 1. The van der Waals surface area contributed by atoms with Gasteiger partial charge in [-0.1, -0.05) is 12.8 Å². The normalized spacial score (nSPS) is 18.6. The summed E-state index contributed by atoms with van der Waals surface area (Å²) < 4.78 is 11.8. The van der Waals surface area contributed by atoms with Gasteiger partial charge in [0.15, 0.2) is 0 Å². The van der Waals surface area contributed by atoms with E-state index in [9.17, 15) is 9.00 Å². The van der Waals surface area contributed by atoms with Crippen LogP contribution in [0.4, 0.5) is 0 Å². The maximum atomic E-state index is 11.8. The SMILES string of the molecule is CCN(CC)C(=O)CS(=O)CC1CCCC1. The van der Waals surface area contributed by atoms with Crippen LogP contribution >= 0.6 is 0 Å². The number of nitrogens with zero attached hydrogens (tertiary/aromatic N) is 1. The fourth-order valence-corrected chi connectivity index (χ4v) is 3.74. The highest BCUT2D eigenvalue weighted by molar-refractivity contribution is 7.85. The van der Waals surface area contributed by atoms with Crippen LogP contribution in [0.5, 0.6) is 0 Å². The molecule has 1 rings (SSSR count). The zero-order chi connectivity index (χ0) is 12.0. The average molecular weight is 245 g/mol. The Hall–Kier alpha value is -0.380. The van der Waals surface area contributed by atoms with Gasteiger partial charge in [0, 0.05) is 29.6 Å². The largest absolute Gasteiger partial charge is 0.342 e. The summed E-state index contributed by atoms with van der Waals surface area (Å²) in [6.45, 7) is 5.36. The maximum Gasteiger partial charge on any atom is 0.235 e. The third kappa shape index (κ3) is 4.24. The molecule has 1 atom stereocenters. The van der Waals surface area contributed by atoms with Crippen LogP contribution in [-0.4, -0.2) is 39.6 Å². The molecule has 1 aliphatic carbocycles. The Morgan fingerprint density at radius 2 is 1.81 bits per heavy atom. The fourth-order valence-electron chi connectivity index (χ4n) is 2.30. The molecule has 0 bridgehead atoms. The molecule has 16 heavy (non-hydrogen) atoms. The molecular weight excluding hydrogens is 222 g/mol. The van der Waals surface area contributed by atoms with Crippen molar-refractivity contribution >= 4 is 16.7 Å². The molecule has 1 saturated carbocycles. The van der Waals surface area contributed by atoms with E-state index < -0.39 is 10.8 Å². The second-order valence-electron chi connectivity index (χ2n) is 4.47. The van der Waals surface area contributed by atoms with E-state index in [4.69, 9.17) is 0 Å². The third-order valence-corrected chi connectivity index (χ3v) is 4.71. The van der Waals surface area contributed by atoms with Gasteiger partial charge < -0.3 is 4.90 Å². The average Bonchev–Trinajstić information content (AvgIpc) is 2.71. The Balaban J connectivity index is 2.29. The van der Waals surface area contributed by atoms with E-state index in [0.29, 0.717) is 5.92 Å². The predicted molar refractivity (Wildman–Crippen MR) is 67.8 cm³/mol. The monoisotopic (exact) mass is 245 g/mol. The van der Waals surface area contributed by atoms with Gasteiger partial charge in [0.05, 0.1) is 0 Å². The van der Waals surface area contributed by atoms with E-state index in [1.807, 2.05) is 13.8 Å². The predicted octanol–water partition coefficient (Wildman–Crippen LogP) is 1.79. The molecule has 1 aliphatic rings. The maximum absolute atomic E-state index is 11.8. The van der Waals surface area contributed by atoms with Crippen LogP contribution in [0.1, 0.15) is 39.5 Å². The van der Waals surface area contributed by atoms with Gasteiger partial charge in [0.25, 0.3) is 0 Å². The van der Waals surface area contributed by atoms with Crippen LogP contribution in [0.2, 0.25) is 0 Å². The lowest BCUT2D eigenvalue weighted by atomic mass is 10.1. The van der Waals surface area contributed by atoms with Crippen molar-refractivity contribution in [2.45, 2.75) is 39.5 Å². The van der Waals surface area contributed by atoms with E-state index in [0.717, 1.165) is 18.8 Å². The van der Waals surface area contributed by atoms with Crippen molar-refractivity contribution in [1.29, 1.82) is 0 Å². The number of amides is 1. The van der Waals surface area contributed by atoms with Gasteiger partial charge in [0.1, 0.15) is 5.75 Å². The highest BCUT2D eigenvalue weighted by Crippen LogP contribution is 2.25. The lowest BCUT2D eigenvalue weighted by molar-refractivity contribution is -0.128. The molecular formula is C12H23NO2S. The summed E-state index contributed by atoms with van der Waals surface area (Å²) in [6, 6.07) is 0. The summed E-state index contributed by atoms with van der Waals surface area (Å²) in [5.74, 6) is 1.59. The Morgan fingerprint density at radius 3 is 2.31 bits per heavy atom. The lowest BCUT2D eigenvalue weighted by Crippen LogP contribution is -2.34. The van der Waals surface area contributed by atoms with Gasteiger partial charge in [-0.05, 0) is 32.6 Å². The zero-order valence-electron chi connectivity index (χ0n) is 10.4. The minimum atomic E-state index is -0.955. The Labute approximate surface area is 101 Å². The van der Waals surface area contributed by atoms with Crippen LogP contribution in [0.3, 0.4) is 0 Å². The Morgan fingerprint density at radius 1 is 1.25 bits per heavy atom. The Bertz CT molecular complexity index is 245. The molecule has 0 aromatic heterocycles. The van der Waals surface area contributed by atoms with Crippen LogP contribution in [-0.2, 0) is 15.6 Å². The minimum absolute atomic E-state index is 0.0429. The lowest BCUT2D eigenvalue weighted by Gasteiger charge is -2.18. The second kappa shape index (κ2) is 7.05. The number of hydrogen-bond donors (Lipinski definition) is 0. The van der Waals surface area contributed by atoms with Crippen LogP contribution in [0, 0.1) is 5.92 Å². The number of hydrogen-bond acceptors (Lipinski definition) is 2. The highest BCUT2D eigenvalue weighted by atomic mass is 32.2. The standard InChI is InChI=1S/C12H23NO2S/c1-3-13(4-2)12(14)10-16(15)9-11-7-5-6-8-11/h11H,3-10H2,1-2H3. The first-order valence-electron chi connectivity index (χ1n) is 6.30. The van der Waals surface area contributed by atoms with E-state index in [1.54, 1.807) is 4.90 Å². The third-order valence-electron chi connectivity index (χ3n) is 3.30.